The van der Waals surface area contributed by atoms with Crippen molar-refractivity contribution >= 4 is 16.8 Å². The highest BCUT2D eigenvalue weighted by atomic mass is 16.5. The fraction of sp³-hybridized carbons (Fsp3) is 0.485. The summed E-state index contributed by atoms with van der Waals surface area (Å²) in [5.74, 6) is 6.94. The molecule has 2 aliphatic rings. The molecule has 5 rings (SSSR count). The number of aryl methyl sites for hydroxylation is 1. The zero-order valence-corrected chi connectivity index (χ0v) is 23.2. The average Bonchev–Trinajstić information content (AvgIpc) is 3.76. The van der Waals surface area contributed by atoms with Crippen molar-refractivity contribution < 1.29 is 9.53 Å². The lowest BCUT2D eigenvalue weighted by Gasteiger charge is -2.35. The van der Waals surface area contributed by atoms with Gasteiger partial charge in [0.2, 0.25) is 5.91 Å². The Morgan fingerprint density at radius 2 is 2.03 bits per heavy atom. The number of hydrogen-bond donors (Lipinski definition) is 2. The summed E-state index contributed by atoms with van der Waals surface area (Å²) >= 11 is 0. The lowest BCUT2D eigenvalue weighted by Crippen LogP contribution is -2.47. The van der Waals surface area contributed by atoms with Gasteiger partial charge in [0.15, 0.2) is 0 Å². The molecule has 39 heavy (non-hydrogen) atoms. The number of nitrogens with two attached hydrogens (primary N) is 1. The monoisotopic (exact) mass is 526 g/mol. The van der Waals surface area contributed by atoms with Crippen LogP contribution < -0.4 is 11.1 Å². The number of carbonyl (C=O) groups is 1. The molecule has 0 radical (unpaired) electrons. The van der Waals surface area contributed by atoms with E-state index in [-0.39, 0.29) is 17.7 Å². The van der Waals surface area contributed by atoms with E-state index in [0.29, 0.717) is 19.1 Å². The van der Waals surface area contributed by atoms with Gasteiger partial charge in [0, 0.05) is 68.5 Å². The summed E-state index contributed by atoms with van der Waals surface area (Å²) in [6.45, 7) is 4.63. The van der Waals surface area contributed by atoms with Crippen molar-refractivity contribution in [2.75, 3.05) is 33.4 Å². The normalized spacial score (nSPS) is 19.0. The Morgan fingerprint density at radius 1 is 1.15 bits per heavy atom. The number of para-hydroxylation sites is 1. The van der Waals surface area contributed by atoms with Gasteiger partial charge in [0.25, 0.3) is 0 Å². The molecule has 2 atom stereocenters. The fourth-order valence-corrected chi connectivity index (χ4v) is 5.90. The van der Waals surface area contributed by atoms with Crippen molar-refractivity contribution in [2.45, 2.75) is 63.6 Å². The second kappa shape index (κ2) is 13.3. The van der Waals surface area contributed by atoms with Crippen molar-refractivity contribution in [3.63, 3.8) is 0 Å². The first-order valence-corrected chi connectivity index (χ1v) is 14.6. The summed E-state index contributed by atoms with van der Waals surface area (Å²) in [6, 6.07) is 17.4. The first-order valence-electron chi connectivity index (χ1n) is 14.6. The van der Waals surface area contributed by atoms with Gasteiger partial charge in [0.1, 0.15) is 0 Å². The molecule has 0 bridgehead atoms. The lowest BCUT2D eigenvalue weighted by atomic mass is 9.79. The van der Waals surface area contributed by atoms with Crippen molar-refractivity contribution in [3.05, 3.63) is 71.4 Å². The number of benzene rings is 2. The van der Waals surface area contributed by atoms with Crippen LogP contribution in [0.2, 0.25) is 0 Å². The third-order valence-electron chi connectivity index (χ3n) is 8.08. The number of piperidine rings is 1. The van der Waals surface area contributed by atoms with Gasteiger partial charge in [-0.15, -0.1) is 0 Å². The minimum absolute atomic E-state index is 0.0742. The summed E-state index contributed by atoms with van der Waals surface area (Å²) in [6.07, 6.45) is 8.10. The topological polar surface area (TPSA) is 72.5 Å². The van der Waals surface area contributed by atoms with E-state index in [4.69, 9.17) is 10.5 Å². The van der Waals surface area contributed by atoms with E-state index in [9.17, 15) is 4.79 Å². The molecule has 3 N–H and O–H groups in total. The van der Waals surface area contributed by atoms with E-state index in [1.807, 2.05) is 0 Å². The number of carbonyl (C=O) groups excluding carboxylic acids is 1. The molecule has 6 heteroatoms. The second-order valence-corrected chi connectivity index (χ2v) is 10.9. The van der Waals surface area contributed by atoms with E-state index in [1.165, 1.54) is 22.0 Å². The third kappa shape index (κ3) is 6.73. The van der Waals surface area contributed by atoms with Crippen LogP contribution in [0.4, 0.5) is 0 Å². The second-order valence-electron chi connectivity index (χ2n) is 10.9. The molecule has 0 unspecified atom stereocenters. The van der Waals surface area contributed by atoms with Crippen molar-refractivity contribution in [1.82, 2.24) is 14.8 Å². The highest BCUT2D eigenvalue weighted by molar-refractivity contribution is 5.85. The van der Waals surface area contributed by atoms with Gasteiger partial charge in [-0.2, -0.15) is 0 Å². The molecule has 6 nitrogen and oxygen atoms in total. The number of methoxy groups -OCH3 is 1. The Kier molecular flexibility index (Phi) is 9.36. The zero-order chi connectivity index (χ0) is 27.0. The van der Waals surface area contributed by atoms with Gasteiger partial charge >= 0.3 is 0 Å². The van der Waals surface area contributed by atoms with Crippen LogP contribution in [-0.4, -0.2) is 54.8 Å². The van der Waals surface area contributed by atoms with Gasteiger partial charge < -0.3 is 25.3 Å². The Morgan fingerprint density at radius 3 is 2.85 bits per heavy atom. The number of unbranched alkanes of at least 4 members (excludes halogenated alkanes) is 1. The minimum Gasteiger partial charge on any atom is -0.385 e. The first kappa shape index (κ1) is 27.5. The zero-order valence-electron chi connectivity index (χ0n) is 23.2. The van der Waals surface area contributed by atoms with Gasteiger partial charge in [0.05, 0.1) is 5.92 Å². The van der Waals surface area contributed by atoms with Gasteiger partial charge in [-0.05, 0) is 80.4 Å². The molecule has 1 amide bonds. The maximum absolute atomic E-state index is 14.3. The van der Waals surface area contributed by atoms with Crippen molar-refractivity contribution in [3.8, 4) is 11.8 Å². The van der Waals surface area contributed by atoms with Crippen LogP contribution in [0.1, 0.15) is 61.1 Å². The van der Waals surface area contributed by atoms with E-state index >= 15 is 0 Å². The van der Waals surface area contributed by atoms with Crippen molar-refractivity contribution in [1.29, 1.82) is 0 Å². The fourth-order valence-electron chi connectivity index (χ4n) is 5.90. The number of nitrogens with zero attached hydrogens (tertiary/aromatic N) is 2. The number of nitrogens with one attached hydrogen (secondary N) is 1. The van der Waals surface area contributed by atoms with Gasteiger partial charge in [-0.1, -0.05) is 42.2 Å². The molecular weight excluding hydrogens is 484 g/mol. The van der Waals surface area contributed by atoms with Crippen LogP contribution in [0.25, 0.3) is 10.9 Å². The summed E-state index contributed by atoms with van der Waals surface area (Å²) in [7, 11) is 1.75. The van der Waals surface area contributed by atoms with Crippen LogP contribution in [0.3, 0.4) is 0 Å². The van der Waals surface area contributed by atoms with Crippen LogP contribution in [0.5, 0.6) is 0 Å². The van der Waals surface area contributed by atoms with Crippen LogP contribution in [0.15, 0.2) is 54.7 Å². The quantitative estimate of drug-likeness (QED) is 0.282. The molecule has 2 heterocycles. The predicted molar refractivity (Wildman–Crippen MR) is 157 cm³/mol. The first-order chi connectivity index (χ1) is 19.2. The molecule has 1 aliphatic heterocycles. The van der Waals surface area contributed by atoms with Crippen LogP contribution in [-0.2, 0) is 22.6 Å². The highest BCUT2D eigenvalue weighted by Crippen LogP contribution is 2.37. The van der Waals surface area contributed by atoms with E-state index < -0.39 is 0 Å². The molecule has 2 fully saturated rings. The molecule has 1 aliphatic carbocycles. The predicted octanol–water partition coefficient (Wildman–Crippen LogP) is 4.65. The molecule has 1 aromatic heterocycles. The molecular formula is C33H42N4O2. The Hall–Kier alpha value is -3.11. The number of rotatable bonds is 11. The highest BCUT2D eigenvalue weighted by Gasteiger charge is 2.40. The largest absolute Gasteiger partial charge is 0.385 e. The van der Waals surface area contributed by atoms with Crippen LogP contribution >= 0.6 is 0 Å². The molecule has 206 valence electrons. The van der Waals surface area contributed by atoms with Crippen molar-refractivity contribution in [2.24, 2.45) is 11.7 Å². The summed E-state index contributed by atoms with van der Waals surface area (Å²) < 4.78 is 7.61. The molecule has 2 aromatic carbocycles. The standard InChI is InChI=1S/C33H42N4O2/c1-39-20-8-19-36-23-27(30-12-4-5-13-32(30)36)24-37(28-14-15-28)33(38)31-22-35-18-16-29(31)26-11-7-10-25(21-26)9-3-2-6-17-34/h4-5,7,10-13,21,23,28-29,31,35H,2,6,8,14-20,22,24,34H2,1H3/t29-,31+/m1/s1. The lowest BCUT2D eigenvalue weighted by molar-refractivity contribution is -0.138. The number of ether oxygens (including phenoxy) is 1. The molecule has 3 aromatic rings. The number of fused-ring (bicyclic) bond motifs is 1. The molecule has 1 saturated carbocycles. The van der Waals surface area contributed by atoms with E-state index in [2.05, 4.69) is 81.4 Å². The van der Waals surface area contributed by atoms with Crippen LogP contribution in [0, 0.1) is 17.8 Å². The molecule has 1 saturated heterocycles. The number of hydrogen-bond acceptors (Lipinski definition) is 4. The summed E-state index contributed by atoms with van der Waals surface area (Å²) in [5.41, 5.74) is 10.3. The number of amides is 1. The maximum atomic E-state index is 14.3. The maximum Gasteiger partial charge on any atom is 0.228 e. The number of aromatic nitrogens is 1. The Labute approximate surface area is 232 Å². The SMILES string of the molecule is COCCCn1cc(CN(C(=O)[C@H]2CNCC[C@@H]2c2cccc(C#CCCCN)c2)C2CC2)c2ccccc21. The summed E-state index contributed by atoms with van der Waals surface area (Å²) in [5, 5.41) is 4.76. The Bertz CT molecular complexity index is 1320. The summed E-state index contributed by atoms with van der Waals surface area (Å²) in [4.78, 5) is 16.5. The van der Waals surface area contributed by atoms with E-state index in [1.54, 1.807) is 7.11 Å². The molecule has 0 spiro atoms. The Balaban J connectivity index is 1.37. The van der Waals surface area contributed by atoms with Gasteiger partial charge in [-0.3, -0.25) is 4.79 Å². The minimum atomic E-state index is -0.0742. The van der Waals surface area contributed by atoms with Gasteiger partial charge in [-0.25, -0.2) is 0 Å². The van der Waals surface area contributed by atoms with E-state index in [0.717, 1.165) is 70.3 Å². The average molecular weight is 527 g/mol. The smallest absolute Gasteiger partial charge is 0.228 e. The third-order valence-corrected chi connectivity index (χ3v) is 8.08.